The first-order valence-corrected chi connectivity index (χ1v) is 9.24. The van der Waals surface area contributed by atoms with Crippen LogP contribution in [0, 0.1) is 0 Å². The Morgan fingerprint density at radius 2 is 1.58 bits per heavy atom. The molecule has 1 N–H and O–H groups in total. The summed E-state index contributed by atoms with van der Waals surface area (Å²) in [6, 6.07) is 5.74. The van der Waals surface area contributed by atoms with Crippen LogP contribution in [0.2, 0.25) is 0 Å². The van der Waals surface area contributed by atoms with Gasteiger partial charge in [0.25, 0.3) is 0 Å². The highest BCUT2D eigenvalue weighted by atomic mass is 32.3. The Balaban J connectivity index is 0.000000203. The number of hydrogen-bond donors (Lipinski definition) is 1. The van der Waals surface area contributed by atoms with E-state index in [1.165, 1.54) is 0 Å². The largest absolute Gasteiger partial charge is 0.471 e. The van der Waals surface area contributed by atoms with E-state index in [9.17, 15) is 0 Å². The fourth-order valence-corrected chi connectivity index (χ4v) is 1.11. The SMILES string of the molecule is CC(C)(C)S(C)(C)C.OCc1ccc2cocc2c1. The molecule has 0 aliphatic carbocycles. The van der Waals surface area contributed by atoms with E-state index in [-0.39, 0.29) is 16.6 Å². The lowest BCUT2D eigenvalue weighted by molar-refractivity contribution is 0.282. The fraction of sp³-hybridized carbons (Fsp3) is 0.500. The predicted octanol–water partition coefficient (Wildman–Crippen LogP) is 4.40. The highest BCUT2D eigenvalue weighted by molar-refractivity contribution is 8.33. The lowest BCUT2D eigenvalue weighted by atomic mass is 10.1. The summed E-state index contributed by atoms with van der Waals surface area (Å²) in [6.45, 7) is 7.01. The average molecular weight is 282 g/mol. The zero-order chi connectivity index (χ0) is 14.7. The van der Waals surface area contributed by atoms with E-state index in [4.69, 9.17) is 9.52 Å². The molecule has 2 rings (SSSR count). The standard InChI is InChI=1S/C9H8O2.C7H18S/c10-4-7-1-2-8-5-11-6-9(8)3-7;1-7(2,3)8(4,5)6/h1-3,5-6,10H,4H2;1-6H3. The molecule has 3 heteroatoms. The summed E-state index contributed by atoms with van der Waals surface area (Å²) in [5.74, 6) is 0. The number of furan rings is 1. The Morgan fingerprint density at radius 3 is 2.05 bits per heavy atom. The van der Waals surface area contributed by atoms with Crippen molar-refractivity contribution in [2.24, 2.45) is 0 Å². The molecule has 0 spiro atoms. The molecule has 1 heterocycles. The maximum atomic E-state index is 8.80. The van der Waals surface area contributed by atoms with Gasteiger partial charge in [-0.15, -0.1) is 0 Å². The molecular weight excluding hydrogens is 256 g/mol. The van der Waals surface area contributed by atoms with Gasteiger partial charge in [-0.05, 0) is 35.1 Å². The van der Waals surface area contributed by atoms with Gasteiger partial charge in [-0.2, -0.15) is 0 Å². The van der Waals surface area contributed by atoms with Gasteiger partial charge in [-0.1, -0.05) is 32.9 Å². The van der Waals surface area contributed by atoms with Crippen molar-refractivity contribution in [3.05, 3.63) is 36.3 Å². The lowest BCUT2D eigenvalue weighted by Crippen LogP contribution is -2.21. The second-order valence-electron chi connectivity index (χ2n) is 6.44. The minimum atomic E-state index is -0.340. The van der Waals surface area contributed by atoms with Crippen molar-refractivity contribution in [3.8, 4) is 0 Å². The molecule has 0 bridgehead atoms. The van der Waals surface area contributed by atoms with E-state index >= 15 is 0 Å². The van der Waals surface area contributed by atoms with Crippen LogP contribution in [0.4, 0.5) is 0 Å². The minimum Gasteiger partial charge on any atom is -0.471 e. The number of benzene rings is 1. The van der Waals surface area contributed by atoms with Crippen molar-refractivity contribution in [1.82, 2.24) is 0 Å². The van der Waals surface area contributed by atoms with Gasteiger partial charge >= 0.3 is 0 Å². The summed E-state index contributed by atoms with van der Waals surface area (Å²) in [5.41, 5.74) is 0.916. The van der Waals surface area contributed by atoms with Crippen LogP contribution in [0.3, 0.4) is 0 Å². The topological polar surface area (TPSA) is 33.4 Å². The first kappa shape index (κ1) is 16.1. The predicted molar refractivity (Wildman–Crippen MR) is 87.3 cm³/mol. The first-order chi connectivity index (χ1) is 8.65. The molecule has 0 saturated carbocycles. The van der Waals surface area contributed by atoms with Crippen LogP contribution in [-0.2, 0) is 6.61 Å². The van der Waals surface area contributed by atoms with E-state index in [1.807, 2.05) is 18.2 Å². The van der Waals surface area contributed by atoms with Crippen molar-refractivity contribution < 1.29 is 9.52 Å². The second kappa shape index (κ2) is 6.02. The molecule has 1 aromatic heterocycles. The highest BCUT2D eigenvalue weighted by Crippen LogP contribution is 2.48. The monoisotopic (exact) mass is 282 g/mol. The van der Waals surface area contributed by atoms with Gasteiger partial charge in [0.15, 0.2) is 0 Å². The highest BCUT2D eigenvalue weighted by Gasteiger charge is 2.21. The van der Waals surface area contributed by atoms with Crippen molar-refractivity contribution in [2.45, 2.75) is 32.1 Å². The smallest absolute Gasteiger partial charge is 0.0981 e. The van der Waals surface area contributed by atoms with E-state index in [0.717, 1.165) is 16.3 Å². The molecule has 19 heavy (non-hydrogen) atoms. The van der Waals surface area contributed by atoms with Gasteiger partial charge in [-0.25, -0.2) is 10.0 Å². The summed E-state index contributed by atoms with van der Waals surface area (Å²) in [4.78, 5) is 0. The van der Waals surface area contributed by atoms with E-state index in [2.05, 4.69) is 39.5 Å². The quantitative estimate of drug-likeness (QED) is 0.840. The number of rotatable bonds is 1. The van der Waals surface area contributed by atoms with Crippen LogP contribution >= 0.6 is 10.0 Å². The maximum absolute atomic E-state index is 8.80. The van der Waals surface area contributed by atoms with Gasteiger partial charge in [0.05, 0.1) is 19.1 Å². The van der Waals surface area contributed by atoms with Gasteiger partial charge in [-0.3, -0.25) is 0 Å². The molecule has 1 aromatic carbocycles. The van der Waals surface area contributed by atoms with Crippen molar-refractivity contribution in [3.63, 3.8) is 0 Å². The Bertz CT molecular complexity index is 503. The number of aliphatic hydroxyl groups excluding tert-OH is 1. The van der Waals surface area contributed by atoms with Crippen LogP contribution in [0.25, 0.3) is 10.8 Å². The molecule has 0 radical (unpaired) electrons. The maximum Gasteiger partial charge on any atom is 0.0981 e. The van der Waals surface area contributed by atoms with Gasteiger partial charge in [0.2, 0.25) is 0 Å². The van der Waals surface area contributed by atoms with Gasteiger partial charge in [0, 0.05) is 10.8 Å². The molecule has 108 valence electrons. The molecule has 0 fully saturated rings. The molecule has 0 aliphatic rings. The van der Waals surface area contributed by atoms with Gasteiger partial charge in [0.1, 0.15) is 0 Å². The molecule has 2 aromatic rings. The van der Waals surface area contributed by atoms with Crippen molar-refractivity contribution in [1.29, 1.82) is 0 Å². The second-order valence-corrected chi connectivity index (χ2v) is 11.3. The van der Waals surface area contributed by atoms with Crippen LogP contribution in [0.5, 0.6) is 0 Å². The summed E-state index contributed by atoms with van der Waals surface area (Å²) < 4.78 is 5.50. The van der Waals surface area contributed by atoms with Crippen LogP contribution in [-0.4, -0.2) is 28.6 Å². The van der Waals surface area contributed by atoms with E-state index in [0.29, 0.717) is 4.75 Å². The Morgan fingerprint density at radius 1 is 1.05 bits per heavy atom. The normalized spacial score (nSPS) is 13.0. The van der Waals surface area contributed by atoms with Crippen LogP contribution in [0.1, 0.15) is 26.3 Å². The third-order valence-corrected chi connectivity index (χ3v) is 7.24. The number of fused-ring (bicyclic) bond motifs is 1. The van der Waals surface area contributed by atoms with Crippen molar-refractivity contribution in [2.75, 3.05) is 18.8 Å². The number of hydrogen-bond acceptors (Lipinski definition) is 2. The molecule has 0 unspecified atom stereocenters. The molecular formula is C16H26O2S. The number of aliphatic hydroxyl groups is 1. The Labute approximate surface area is 118 Å². The van der Waals surface area contributed by atoms with Crippen LogP contribution in [0.15, 0.2) is 35.1 Å². The lowest BCUT2D eigenvalue weighted by Gasteiger charge is -2.40. The summed E-state index contributed by atoms with van der Waals surface area (Å²) >= 11 is 0. The van der Waals surface area contributed by atoms with Gasteiger partial charge < -0.3 is 9.52 Å². The zero-order valence-electron chi connectivity index (χ0n) is 12.9. The third kappa shape index (κ3) is 4.59. The van der Waals surface area contributed by atoms with E-state index in [1.54, 1.807) is 12.5 Å². The van der Waals surface area contributed by atoms with E-state index < -0.39 is 0 Å². The molecule has 0 saturated heterocycles. The van der Waals surface area contributed by atoms with Crippen LogP contribution < -0.4 is 0 Å². The molecule has 0 aliphatic heterocycles. The molecule has 2 nitrogen and oxygen atoms in total. The fourth-order valence-electron chi connectivity index (χ4n) is 1.11. The summed E-state index contributed by atoms with van der Waals surface area (Å²) in [6.07, 6.45) is 10.4. The summed E-state index contributed by atoms with van der Waals surface area (Å²) in [5, 5.41) is 10.9. The Hall–Kier alpha value is -0.930. The zero-order valence-corrected chi connectivity index (χ0v) is 13.7. The average Bonchev–Trinajstić information content (AvgIpc) is 2.73. The first-order valence-electron chi connectivity index (χ1n) is 6.39. The van der Waals surface area contributed by atoms with Crippen molar-refractivity contribution >= 4 is 20.8 Å². The molecule has 0 amide bonds. The third-order valence-electron chi connectivity index (χ3n) is 3.56. The minimum absolute atomic E-state index is 0.0844. The summed E-state index contributed by atoms with van der Waals surface area (Å²) in [7, 11) is -0.340. The Kier molecular flexibility index (Phi) is 5.11. The molecule has 0 atom stereocenters.